The second-order valence-corrected chi connectivity index (χ2v) is 4.34. The minimum Gasteiger partial charge on any atom is -0.870 e. The minimum atomic E-state index is -3.36. The molecule has 1 rings (SSSR count). The van der Waals surface area contributed by atoms with Crippen molar-refractivity contribution in [2.75, 3.05) is 6.54 Å². The average molecular weight is 229 g/mol. The van der Waals surface area contributed by atoms with Crippen LogP contribution in [-0.4, -0.2) is 33.8 Å². The standard InChI is InChI=1S/C8H10BNO2S.2H2O/c1-2-10-13(11,12)8-5-3-4-7(9)6-8;;/h3-6,10H,2H2,1H3;2*1H2/q+2;;/p-2. The van der Waals surface area contributed by atoms with Gasteiger partial charge in [0.1, 0.15) is 0 Å². The van der Waals surface area contributed by atoms with E-state index >= 15 is 0 Å². The van der Waals surface area contributed by atoms with E-state index in [1.165, 1.54) is 12.1 Å². The molecule has 1 aromatic carbocycles. The van der Waals surface area contributed by atoms with Crippen LogP contribution in [0.3, 0.4) is 0 Å². The molecule has 0 amide bonds. The molecule has 3 N–H and O–H groups in total. The summed E-state index contributed by atoms with van der Waals surface area (Å²) in [5.41, 5.74) is 0.443. The van der Waals surface area contributed by atoms with Crippen LogP contribution in [0.2, 0.25) is 0 Å². The maximum atomic E-state index is 11.4. The number of rotatable bonds is 3. The monoisotopic (exact) mass is 229 g/mol. The first kappa shape index (κ1) is 16.5. The fourth-order valence-corrected chi connectivity index (χ4v) is 2.05. The van der Waals surface area contributed by atoms with Crippen LogP contribution < -0.4 is 10.2 Å². The van der Waals surface area contributed by atoms with Gasteiger partial charge in [-0.25, -0.2) is 0 Å². The molecular formula is C8H12BNO4S. The largest absolute Gasteiger partial charge is 0.870 e. The summed E-state index contributed by atoms with van der Waals surface area (Å²) in [4.78, 5) is 0.203. The molecule has 0 radical (unpaired) electrons. The third-order valence-electron chi connectivity index (χ3n) is 1.50. The molecule has 7 heteroatoms. The van der Waals surface area contributed by atoms with Crippen LogP contribution in [0.4, 0.5) is 0 Å². The first-order chi connectivity index (χ1) is 6.06. The zero-order valence-corrected chi connectivity index (χ0v) is 9.03. The van der Waals surface area contributed by atoms with Crippen molar-refractivity contribution < 1.29 is 19.4 Å². The molecule has 0 saturated carbocycles. The van der Waals surface area contributed by atoms with Crippen molar-refractivity contribution in [3.63, 3.8) is 0 Å². The molecule has 0 unspecified atom stereocenters. The van der Waals surface area contributed by atoms with Gasteiger partial charge >= 0.3 is 79.1 Å². The molecule has 0 aliphatic carbocycles. The second-order valence-electron chi connectivity index (χ2n) is 2.57. The van der Waals surface area contributed by atoms with Crippen LogP contribution in [0.25, 0.3) is 0 Å². The molecule has 0 aromatic heterocycles. The Hall–Kier alpha value is -0.885. The molecule has 0 aliphatic heterocycles. The molecule has 0 spiro atoms. The van der Waals surface area contributed by atoms with Gasteiger partial charge in [0.25, 0.3) is 0 Å². The predicted molar refractivity (Wildman–Crippen MR) is 56.6 cm³/mol. The third-order valence-corrected chi connectivity index (χ3v) is 3.05. The number of nitrogens with one attached hydrogen (secondary N) is 1. The molecule has 0 bridgehead atoms. The Morgan fingerprint density at radius 2 is 1.93 bits per heavy atom. The number of sulfonamides is 1. The van der Waals surface area contributed by atoms with Gasteiger partial charge in [-0.3, -0.25) is 0 Å². The molecule has 0 fully saturated rings. The Morgan fingerprint density at radius 1 is 1.33 bits per heavy atom. The molecule has 0 aliphatic rings. The van der Waals surface area contributed by atoms with E-state index < -0.39 is 10.0 Å². The number of hydrogen-bond acceptors (Lipinski definition) is 4. The van der Waals surface area contributed by atoms with E-state index in [-0.39, 0.29) is 15.8 Å². The normalized spacial score (nSPS) is 10.1. The average Bonchev–Trinajstić information content (AvgIpc) is 2.04. The van der Waals surface area contributed by atoms with Crippen LogP contribution in [0.15, 0.2) is 29.2 Å². The molecule has 82 valence electrons. The molecule has 15 heavy (non-hydrogen) atoms. The Balaban J connectivity index is 0. The van der Waals surface area contributed by atoms with Gasteiger partial charge in [-0.15, -0.1) is 0 Å². The fourth-order valence-electron chi connectivity index (χ4n) is 0.955. The van der Waals surface area contributed by atoms with Gasteiger partial charge in [0.15, 0.2) is 0 Å². The molecule has 5 nitrogen and oxygen atoms in total. The molecule has 0 heterocycles. The van der Waals surface area contributed by atoms with E-state index in [0.717, 1.165) is 0 Å². The summed E-state index contributed by atoms with van der Waals surface area (Å²) in [7, 11) is 2.10. The first-order valence-corrected chi connectivity index (χ1v) is 5.40. The van der Waals surface area contributed by atoms with Crippen molar-refractivity contribution in [2.45, 2.75) is 11.8 Å². The zero-order valence-electron chi connectivity index (χ0n) is 8.21. The molecule has 0 saturated heterocycles. The van der Waals surface area contributed by atoms with Crippen LogP contribution >= 0.6 is 0 Å². The van der Waals surface area contributed by atoms with Crippen molar-refractivity contribution in [1.29, 1.82) is 0 Å². The first-order valence-electron chi connectivity index (χ1n) is 3.91. The number of hydrogen-bond donors (Lipinski definition) is 1. The summed E-state index contributed by atoms with van der Waals surface area (Å²) in [6, 6.07) is 6.19. The fraction of sp³-hybridized carbons (Fsp3) is 0.250. The van der Waals surface area contributed by atoms with E-state index in [1.807, 2.05) is 0 Å². The van der Waals surface area contributed by atoms with Crippen molar-refractivity contribution in [1.82, 2.24) is 4.72 Å². The minimum absolute atomic E-state index is 0. The summed E-state index contributed by atoms with van der Waals surface area (Å²) in [6.07, 6.45) is 0. The maximum Gasteiger partial charge on any atom is -0.870 e. The summed E-state index contributed by atoms with van der Waals surface area (Å²) < 4.78 is 25.2. The van der Waals surface area contributed by atoms with Crippen LogP contribution in [0, 0.1) is 0 Å². The summed E-state index contributed by atoms with van der Waals surface area (Å²) in [5, 5.41) is 0. The summed E-state index contributed by atoms with van der Waals surface area (Å²) >= 11 is 0. The topological polar surface area (TPSA) is 106 Å². The number of benzene rings is 1. The van der Waals surface area contributed by atoms with Gasteiger partial charge in [-0.05, 0) is 0 Å². The van der Waals surface area contributed by atoms with Crippen LogP contribution in [-0.2, 0) is 10.0 Å². The van der Waals surface area contributed by atoms with E-state index in [9.17, 15) is 8.42 Å². The van der Waals surface area contributed by atoms with Crippen LogP contribution in [0.5, 0.6) is 0 Å². The van der Waals surface area contributed by atoms with Gasteiger partial charge in [-0.2, -0.15) is 0 Å². The van der Waals surface area contributed by atoms with Crippen molar-refractivity contribution in [3.05, 3.63) is 24.3 Å². The SMILES string of the molecule is [B+2]c1cccc(S(=O)(=O)NCC)c1.[OH-].[OH-]. The van der Waals surface area contributed by atoms with E-state index in [1.54, 1.807) is 19.1 Å². The Bertz CT molecular complexity index is 393. The van der Waals surface area contributed by atoms with Crippen molar-refractivity contribution in [2.24, 2.45) is 0 Å². The van der Waals surface area contributed by atoms with E-state index in [2.05, 4.69) is 4.72 Å². The van der Waals surface area contributed by atoms with Crippen molar-refractivity contribution >= 4 is 23.3 Å². The molecule has 1 aromatic rings. The van der Waals surface area contributed by atoms with Gasteiger partial charge < -0.3 is 11.0 Å². The summed E-state index contributed by atoms with van der Waals surface area (Å²) in [6.45, 7) is 2.10. The van der Waals surface area contributed by atoms with Gasteiger partial charge in [0.2, 0.25) is 0 Å². The van der Waals surface area contributed by atoms with E-state index in [4.69, 9.17) is 7.85 Å². The predicted octanol–water partition coefficient (Wildman–Crippen LogP) is -0.575. The second kappa shape index (κ2) is 6.57. The van der Waals surface area contributed by atoms with Crippen molar-refractivity contribution in [3.8, 4) is 0 Å². The van der Waals surface area contributed by atoms with Crippen LogP contribution in [0.1, 0.15) is 6.92 Å². The quantitative estimate of drug-likeness (QED) is 0.700. The third kappa shape index (κ3) is 4.43. The summed E-state index contributed by atoms with van der Waals surface area (Å²) in [5.74, 6) is 0. The Kier molecular flexibility index (Phi) is 7.25. The zero-order chi connectivity index (χ0) is 9.90. The molecular weight excluding hydrogens is 217 g/mol. The smallest absolute Gasteiger partial charge is 0.870 e. The van der Waals surface area contributed by atoms with Gasteiger partial charge in [0.05, 0.1) is 0 Å². The van der Waals surface area contributed by atoms with Gasteiger partial charge in [-0.1, -0.05) is 0 Å². The molecule has 0 atom stereocenters. The Morgan fingerprint density at radius 3 is 2.40 bits per heavy atom. The van der Waals surface area contributed by atoms with E-state index in [0.29, 0.717) is 12.0 Å². The maximum absolute atomic E-state index is 11.4. The Labute approximate surface area is 90.6 Å². The van der Waals surface area contributed by atoms with Gasteiger partial charge in [0, 0.05) is 0 Å².